The molecule has 0 aromatic carbocycles. The van der Waals surface area contributed by atoms with E-state index in [0.29, 0.717) is 18.3 Å². The third kappa shape index (κ3) is 2.77. The smallest absolute Gasteiger partial charge is 0.135 e. The van der Waals surface area contributed by atoms with Crippen molar-refractivity contribution in [2.45, 2.75) is 25.0 Å². The molecule has 2 nitrogen and oxygen atoms in total. The molecule has 0 bridgehead atoms. The van der Waals surface area contributed by atoms with Gasteiger partial charge in [0, 0.05) is 23.1 Å². The molecule has 1 saturated heterocycles. The number of rotatable bonds is 4. The van der Waals surface area contributed by atoms with Crippen molar-refractivity contribution in [1.82, 2.24) is 0 Å². The van der Waals surface area contributed by atoms with E-state index in [2.05, 4.69) is 0 Å². The van der Waals surface area contributed by atoms with Crippen LogP contribution < -0.4 is 0 Å². The Labute approximate surface area is 58.0 Å². The first-order valence-corrected chi connectivity index (χ1v) is 4.87. The zero-order valence-electron chi connectivity index (χ0n) is 5.72. The molecule has 1 aliphatic heterocycles. The fourth-order valence-corrected chi connectivity index (χ4v) is 1.38. The molecular formula is C6H12O2Si. The van der Waals surface area contributed by atoms with Gasteiger partial charge in [-0.05, 0) is 0 Å². The number of Topliss-reactive ketones (excluding diaryl/α,β-unsaturated/α-hetero) is 1. The highest BCUT2D eigenvalue weighted by atomic mass is 28.1. The molecular weight excluding hydrogens is 132 g/mol. The number of epoxide rings is 1. The maximum absolute atomic E-state index is 10.8. The lowest BCUT2D eigenvalue weighted by Gasteiger charge is -1.91. The number of carbonyl (C=O) groups is 1. The van der Waals surface area contributed by atoms with Gasteiger partial charge in [-0.1, -0.05) is 6.04 Å². The van der Waals surface area contributed by atoms with Gasteiger partial charge in [-0.15, -0.1) is 0 Å². The number of hydrogen-bond acceptors (Lipinski definition) is 2. The van der Waals surface area contributed by atoms with E-state index in [1.807, 2.05) is 0 Å². The van der Waals surface area contributed by atoms with Crippen LogP contribution in [0.1, 0.15) is 12.8 Å². The van der Waals surface area contributed by atoms with Gasteiger partial charge in [0.05, 0.1) is 12.7 Å². The molecule has 1 unspecified atom stereocenters. The lowest BCUT2D eigenvalue weighted by Crippen LogP contribution is -2.01. The van der Waals surface area contributed by atoms with Crippen molar-refractivity contribution in [1.29, 1.82) is 0 Å². The van der Waals surface area contributed by atoms with Crippen LogP contribution in [0, 0.1) is 0 Å². The Morgan fingerprint density at radius 2 is 2.44 bits per heavy atom. The molecule has 1 fully saturated rings. The zero-order valence-corrected chi connectivity index (χ0v) is 7.72. The topological polar surface area (TPSA) is 29.6 Å². The Bertz CT molecular complexity index is 110. The van der Waals surface area contributed by atoms with Crippen molar-refractivity contribution >= 4 is 16.0 Å². The van der Waals surface area contributed by atoms with Gasteiger partial charge in [-0.2, -0.15) is 0 Å². The average molecular weight is 144 g/mol. The van der Waals surface area contributed by atoms with Crippen molar-refractivity contribution in [3.63, 3.8) is 0 Å². The van der Waals surface area contributed by atoms with Crippen LogP contribution in [0.25, 0.3) is 0 Å². The highest BCUT2D eigenvalue weighted by Crippen LogP contribution is 2.14. The van der Waals surface area contributed by atoms with Crippen molar-refractivity contribution < 1.29 is 9.53 Å². The Hall–Kier alpha value is -0.153. The van der Waals surface area contributed by atoms with Gasteiger partial charge in [0.15, 0.2) is 0 Å². The molecule has 1 heterocycles. The van der Waals surface area contributed by atoms with Crippen LogP contribution in [0.5, 0.6) is 0 Å². The van der Waals surface area contributed by atoms with Crippen molar-refractivity contribution in [3.05, 3.63) is 0 Å². The van der Waals surface area contributed by atoms with Crippen molar-refractivity contribution in [2.75, 3.05) is 6.61 Å². The van der Waals surface area contributed by atoms with E-state index in [4.69, 9.17) is 4.74 Å². The maximum atomic E-state index is 10.8. The Balaban J connectivity index is 2.02. The molecule has 1 rings (SSSR count). The molecule has 0 aromatic rings. The summed E-state index contributed by atoms with van der Waals surface area (Å²) in [5.74, 6) is 0.382. The number of hydrogen-bond donors (Lipinski definition) is 0. The number of ether oxygens (including phenoxy) is 1. The normalized spacial score (nSPS) is 24.2. The molecule has 0 radical (unpaired) electrons. The van der Waals surface area contributed by atoms with Crippen molar-refractivity contribution in [3.8, 4) is 0 Å². The summed E-state index contributed by atoms with van der Waals surface area (Å²) < 4.78 is 4.92. The van der Waals surface area contributed by atoms with E-state index < -0.39 is 0 Å². The average Bonchev–Trinajstić information content (AvgIpc) is 2.50. The second-order valence-electron chi connectivity index (χ2n) is 2.45. The standard InChI is InChI=1S/C6H12O2Si/c7-5(1-2-9)3-6-4-8-6/h6H,1-4H2,9H3. The largest absolute Gasteiger partial charge is 0.373 e. The first kappa shape index (κ1) is 6.96. The highest BCUT2D eigenvalue weighted by molar-refractivity contribution is 6.10. The monoisotopic (exact) mass is 144 g/mol. The second kappa shape index (κ2) is 3.13. The van der Waals surface area contributed by atoms with Gasteiger partial charge in [0.1, 0.15) is 5.78 Å². The van der Waals surface area contributed by atoms with Gasteiger partial charge in [-0.25, -0.2) is 0 Å². The highest BCUT2D eigenvalue weighted by Gasteiger charge is 2.24. The predicted molar refractivity (Wildman–Crippen MR) is 38.7 cm³/mol. The zero-order chi connectivity index (χ0) is 6.69. The molecule has 0 spiro atoms. The van der Waals surface area contributed by atoms with Crippen LogP contribution in [0.15, 0.2) is 0 Å². The summed E-state index contributed by atoms with van der Waals surface area (Å²) in [5, 5.41) is 0. The molecule has 3 heteroatoms. The number of carbonyl (C=O) groups excluding carboxylic acids is 1. The van der Waals surface area contributed by atoms with E-state index in [1.165, 1.54) is 0 Å². The molecule has 52 valence electrons. The second-order valence-corrected chi connectivity index (χ2v) is 3.45. The van der Waals surface area contributed by atoms with Crippen LogP contribution in [-0.4, -0.2) is 28.7 Å². The quantitative estimate of drug-likeness (QED) is 0.394. The summed E-state index contributed by atoms with van der Waals surface area (Å²) in [6.45, 7) is 0.812. The third-order valence-corrected chi connectivity index (χ3v) is 1.89. The summed E-state index contributed by atoms with van der Waals surface area (Å²) in [6.07, 6.45) is 1.75. The van der Waals surface area contributed by atoms with Gasteiger partial charge in [-0.3, -0.25) is 4.79 Å². The number of ketones is 1. The van der Waals surface area contributed by atoms with Gasteiger partial charge < -0.3 is 4.74 Å². The molecule has 0 saturated carbocycles. The van der Waals surface area contributed by atoms with Gasteiger partial charge in [0.25, 0.3) is 0 Å². The Morgan fingerprint density at radius 3 is 2.89 bits per heavy atom. The lowest BCUT2D eigenvalue weighted by atomic mass is 10.2. The molecule has 0 amide bonds. The summed E-state index contributed by atoms with van der Waals surface area (Å²) in [4.78, 5) is 10.8. The minimum Gasteiger partial charge on any atom is -0.373 e. The fraction of sp³-hybridized carbons (Fsp3) is 0.833. The third-order valence-electron chi connectivity index (χ3n) is 1.39. The summed E-state index contributed by atoms with van der Waals surface area (Å²) in [7, 11) is 1.15. The molecule has 0 aliphatic carbocycles. The Morgan fingerprint density at radius 1 is 1.78 bits per heavy atom. The van der Waals surface area contributed by atoms with E-state index in [-0.39, 0.29) is 0 Å². The van der Waals surface area contributed by atoms with Gasteiger partial charge >= 0.3 is 0 Å². The first-order valence-electron chi connectivity index (χ1n) is 3.46. The van der Waals surface area contributed by atoms with E-state index in [9.17, 15) is 4.79 Å². The van der Waals surface area contributed by atoms with Crippen LogP contribution in [-0.2, 0) is 9.53 Å². The first-order chi connectivity index (χ1) is 4.33. The minimum absolute atomic E-state index is 0.297. The van der Waals surface area contributed by atoms with Crippen LogP contribution in [0.3, 0.4) is 0 Å². The van der Waals surface area contributed by atoms with Crippen LogP contribution in [0.2, 0.25) is 6.04 Å². The van der Waals surface area contributed by atoms with Gasteiger partial charge in [0.2, 0.25) is 0 Å². The lowest BCUT2D eigenvalue weighted by molar-refractivity contribution is -0.119. The summed E-state index contributed by atoms with van der Waals surface area (Å²) >= 11 is 0. The van der Waals surface area contributed by atoms with E-state index in [1.54, 1.807) is 0 Å². The SMILES string of the molecule is O=C(CC[SiH3])CC1CO1. The Kier molecular flexibility index (Phi) is 2.42. The van der Waals surface area contributed by atoms with Crippen LogP contribution >= 0.6 is 0 Å². The van der Waals surface area contributed by atoms with Crippen molar-refractivity contribution in [2.24, 2.45) is 0 Å². The molecule has 1 aliphatic rings. The molecule has 0 N–H and O–H groups in total. The van der Waals surface area contributed by atoms with E-state index in [0.717, 1.165) is 29.3 Å². The van der Waals surface area contributed by atoms with Crippen LogP contribution in [0.4, 0.5) is 0 Å². The van der Waals surface area contributed by atoms with E-state index >= 15 is 0 Å². The molecule has 0 aromatic heterocycles. The fourth-order valence-electron chi connectivity index (χ4n) is 0.821. The summed E-state index contributed by atoms with van der Waals surface area (Å²) in [6, 6.07) is 1.10. The maximum Gasteiger partial charge on any atom is 0.135 e. The predicted octanol–water partition coefficient (Wildman–Crippen LogP) is -0.482. The minimum atomic E-state index is 0.297. The molecule has 1 atom stereocenters. The summed E-state index contributed by atoms with van der Waals surface area (Å²) in [5.41, 5.74) is 0. The molecule has 9 heavy (non-hydrogen) atoms.